The molecule has 0 aliphatic carbocycles. The summed E-state index contributed by atoms with van der Waals surface area (Å²) in [6.07, 6.45) is 1.03. The molecule has 0 fully saturated rings. The van der Waals surface area contributed by atoms with Crippen LogP contribution in [0.5, 0.6) is 0 Å². The average molecular weight is 317 g/mol. The number of H-pyrrole nitrogens is 1. The minimum absolute atomic E-state index is 0.141. The van der Waals surface area contributed by atoms with Gasteiger partial charge in [0.15, 0.2) is 0 Å². The molecule has 118 valence electrons. The lowest BCUT2D eigenvalue weighted by Gasteiger charge is -2.04. The molecule has 0 unspecified atom stereocenters. The van der Waals surface area contributed by atoms with Crippen molar-refractivity contribution in [2.75, 3.05) is 5.32 Å². The number of nitro groups is 1. The van der Waals surface area contributed by atoms with Gasteiger partial charge in [-0.2, -0.15) is 10.4 Å². The van der Waals surface area contributed by atoms with Crippen molar-refractivity contribution in [3.63, 3.8) is 0 Å². The second-order valence-electron chi connectivity index (χ2n) is 4.67. The molecule has 0 radical (unpaired) electrons. The van der Waals surface area contributed by atoms with Gasteiger partial charge < -0.3 is 5.32 Å². The van der Waals surface area contributed by atoms with E-state index in [-0.39, 0.29) is 28.3 Å². The molecular weight excluding hydrogens is 305 g/mol. The molecule has 2 aromatic rings. The Hall–Kier alpha value is -3.28. The average Bonchev–Trinajstić information content (AvgIpc) is 2.93. The van der Waals surface area contributed by atoms with E-state index in [1.54, 1.807) is 6.07 Å². The van der Waals surface area contributed by atoms with Crippen molar-refractivity contribution < 1.29 is 14.1 Å². The Morgan fingerprint density at radius 3 is 2.91 bits per heavy atom. The summed E-state index contributed by atoms with van der Waals surface area (Å²) in [4.78, 5) is 22.6. The molecule has 0 spiro atoms. The zero-order chi connectivity index (χ0) is 17.0. The first-order valence-electron chi connectivity index (χ1n) is 6.70. The minimum Gasteiger partial charge on any atom is -0.320 e. The van der Waals surface area contributed by atoms with Crippen molar-refractivity contribution in [3.8, 4) is 6.07 Å². The molecule has 1 aromatic carbocycles. The van der Waals surface area contributed by atoms with Gasteiger partial charge in [0.1, 0.15) is 17.6 Å². The van der Waals surface area contributed by atoms with Crippen molar-refractivity contribution in [1.29, 1.82) is 5.26 Å². The number of carbonyl (C=O) groups excluding carboxylic acids is 1. The van der Waals surface area contributed by atoms with Crippen molar-refractivity contribution in [1.82, 2.24) is 10.2 Å². The Kier molecular flexibility index (Phi) is 4.66. The summed E-state index contributed by atoms with van der Waals surface area (Å²) in [5, 5.41) is 28.5. The number of halogens is 1. The lowest BCUT2D eigenvalue weighted by atomic mass is 10.2. The number of anilines is 1. The fourth-order valence-electron chi connectivity index (χ4n) is 2.03. The molecule has 1 aromatic heterocycles. The Morgan fingerprint density at radius 1 is 1.57 bits per heavy atom. The van der Waals surface area contributed by atoms with Crippen LogP contribution in [0.1, 0.15) is 35.1 Å². The second kappa shape index (κ2) is 6.65. The number of aromatic nitrogens is 2. The summed E-state index contributed by atoms with van der Waals surface area (Å²) in [5.74, 6) is -1.53. The van der Waals surface area contributed by atoms with Crippen LogP contribution in [0.2, 0.25) is 0 Å². The van der Waals surface area contributed by atoms with Gasteiger partial charge in [-0.25, -0.2) is 4.39 Å². The summed E-state index contributed by atoms with van der Waals surface area (Å²) in [6.45, 7) is 1.84. The van der Waals surface area contributed by atoms with Gasteiger partial charge in [0.05, 0.1) is 10.5 Å². The van der Waals surface area contributed by atoms with Crippen LogP contribution in [0.25, 0.3) is 0 Å². The first-order valence-corrected chi connectivity index (χ1v) is 6.70. The Labute approximate surface area is 130 Å². The van der Waals surface area contributed by atoms with Gasteiger partial charge in [0.2, 0.25) is 5.69 Å². The van der Waals surface area contributed by atoms with E-state index in [0.717, 1.165) is 12.1 Å². The number of rotatable bonds is 5. The fraction of sp³-hybridized carbons (Fsp3) is 0.214. The van der Waals surface area contributed by atoms with Gasteiger partial charge in [-0.15, -0.1) is 0 Å². The number of nitriles is 1. The maximum Gasteiger partial charge on any atom is 0.322 e. The number of amides is 1. The minimum atomic E-state index is -0.814. The van der Waals surface area contributed by atoms with Crippen LogP contribution in [0.3, 0.4) is 0 Å². The van der Waals surface area contributed by atoms with E-state index >= 15 is 0 Å². The molecule has 0 atom stereocenters. The maximum absolute atomic E-state index is 13.2. The van der Waals surface area contributed by atoms with Gasteiger partial charge >= 0.3 is 5.69 Å². The van der Waals surface area contributed by atoms with Crippen molar-refractivity contribution in [3.05, 3.63) is 51.1 Å². The molecule has 0 saturated heterocycles. The first kappa shape index (κ1) is 16.1. The number of hydrogen-bond donors (Lipinski definition) is 2. The molecule has 9 heteroatoms. The van der Waals surface area contributed by atoms with Gasteiger partial charge in [-0.1, -0.05) is 13.3 Å². The van der Waals surface area contributed by atoms with Crippen molar-refractivity contribution in [2.45, 2.75) is 19.8 Å². The maximum atomic E-state index is 13.2. The number of aromatic amines is 1. The predicted octanol–water partition coefficient (Wildman–Crippen LogP) is 2.53. The third-order valence-corrected chi connectivity index (χ3v) is 3.06. The molecule has 23 heavy (non-hydrogen) atoms. The number of benzene rings is 1. The number of nitrogens with zero attached hydrogens (tertiary/aromatic N) is 3. The molecule has 0 aliphatic heterocycles. The smallest absolute Gasteiger partial charge is 0.320 e. The summed E-state index contributed by atoms with van der Waals surface area (Å²) in [7, 11) is 0. The monoisotopic (exact) mass is 317 g/mol. The molecule has 1 heterocycles. The van der Waals surface area contributed by atoms with Crippen molar-refractivity contribution >= 4 is 17.3 Å². The highest BCUT2D eigenvalue weighted by Crippen LogP contribution is 2.24. The van der Waals surface area contributed by atoms with Gasteiger partial charge in [-0.3, -0.25) is 20.0 Å². The molecule has 1 amide bonds. The van der Waals surface area contributed by atoms with E-state index in [1.165, 1.54) is 6.07 Å². The summed E-state index contributed by atoms with van der Waals surface area (Å²) in [5.41, 5.74) is -0.582. The Bertz CT molecular complexity index is 809. The highest BCUT2D eigenvalue weighted by atomic mass is 19.1. The van der Waals surface area contributed by atoms with Crippen LogP contribution >= 0.6 is 0 Å². The molecule has 0 bridgehead atoms. The summed E-state index contributed by atoms with van der Waals surface area (Å²) < 4.78 is 13.2. The van der Waals surface area contributed by atoms with E-state index < -0.39 is 16.6 Å². The van der Waals surface area contributed by atoms with Gasteiger partial charge in [0.25, 0.3) is 5.91 Å². The standard InChI is InChI=1S/C14H12FN5O3/c1-2-3-11-13(20(22)23)12(19-18-11)14(21)17-9-4-5-10(15)8(6-9)7-16/h4-6H,2-3H2,1H3,(H,17,21)(H,18,19). The normalized spacial score (nSPS) is 10.1. The number of carbonyl (C=O) groups is 1. The van der Waals surface area contributed by atoms with Crippen LogP contribution in [0.15, 0.2) is 18.2 Å². The third-order valence-electron chi connectivity index (χ3n) is 3.06. The molecular formula is C14H12FN5O3. The van der Waals surface area contributed by atoms with E-state index in [1.807, 2.05) is 6.92 Å². The zero-order valence-electron chi connectivity index (χ0n) is 12.1. The van der Waals surface area contributed by atoms with Crippen LogP contribution in [-0.4, -0.2) is 21.0 Å². The molecule has 2 rings (SSSR count). The van der Waals surface area contributed by atoms with E-state index in [2.05, 4.69) is 15.5 Å². The van der Waals surface area contributed by atoms with E-state index in [0.29, 0.717) is 12.8 Å². The highest BCUT2D eigenvalue weighted by Gasteiger charge is 2.28. The van der Waals surface area contributed by atoms with E-state index in [9.17, 15) is 19.3 Å². The first-order chi connectivity index (χ1) is 11.0. The van der Waals surface area contributed by atoms with Crippen LogP contribution in [0, 0.1) is 27.3 Å². The number of hydrogen-bond acceptors (Lipinski definition) is 5. The van der Waals surface area contributed by atoms with Gasteiger partial charge in [-0.05, 0) is 24.6 Å². The molecule has 0 saturated carbocycles. The number of aryl methyl sites for hydroxylation is 1. The summed E-state index contributed by atoms with van der Waals surface area (Å²) >= 11 is 0. The second-order valence-corrected chi connectivity index (χ2v) is 4.67. The lowest BCUT2D eigenvalue weighted by Crippen LogP contribution is -2.14. The van der Waals surface area contributed by atoms with Crippen LogP contribution < -0.4 is 5.32 Å². The van der Waals surface area contributed by atoms with Gasteiger partial charge in [0, 0.05) is 5.69 Å². The number of nitrogens with one attached hydrogen (secondary N) is 2. The fourth-order valence-corrected chi connectivity index (χ4v) is 2.03. The SMILES string of the molecule is CCCc1[nH]nc(C(=O)Nc2ccc(F)c(C#N)c2)c1[N+](=O)[O-]. The third kappa shape index (κ3) is 3.32. The zero-order valence-corrected chi connectivity index (χ0v) is 12.1. The molecule has 0 aliphatic rings. The van der Waals surface area contributed by atoms with Crippen LogP contribution in [0.4, 0.5) is 15.8 Å². The quantitative estimate of drug-likeness (QED) is 0.647. The molecule has 8 nitrogen and oxygen atoms in total. The van der Waals surface area contributed by atoms with E-state index in [4.69, 9.17) is 5.26 Å². The Morgan fingerprint density at radius 2 is 2.30 bits per heavy atom. The summed E-state index contributed by atoms with van der Waals surface area (Å²) in [6, 6.07) is 5.05. The lowest BCUT2D eigenvalue weighted by molar-refractivity contribution is -0.385. The molecule has 2 N–H and O–H groups in total. The largest absolute Gasteiger partial charge is 0.322 e. The highest BCUT2D eigenvalue weighted by molar-refractivity contribution is 6.05. The van der Waals surface area contributed by atoms with Crippen LogP contribution in [-0.2, 0) is 6.42 Å². The Balaban J connectivity index is 2.31. The predicted molar refractivity (Wildman–Crippen MR) is 78.3 cm³/mol. The van der Waals surface area contributed by atoms with Crippen molar-refractivity contribution in [2.24, 2.45) is 0 Å². The topological polar surface area (TPSA) is 125 Å².